The van der Waals surface area contributed by atoms with Crippen LogP contribution in [0.15, 0.2) is 0 Å². The second-order valence-corrected chi connectivity index (χ2v) is 6.63. The smallest absolute Gasteiger partial charge is 0.410 e. The summed E-state index contributed by atoms with van der Waals surface area (Å²) >= 11 is 0. The summed E-state index contributed by atoms with van der Waals surface area (Å²) in [6, 6.07) is 0. The molecule has 1 rings (SSSR count). The number of nitrogens with zero attached hydrogens (tertiary/aromatic N) is 1. The van der Waals surface area contributed by atoms with Crippen molar-refractivity contribution in [2.45, 2.75) is 46.6 Å². The van der Waals surface area contributed by atoms with Gasteiger partial charge in [-0.15, -0.1) is 0 Å². The maximum absolute atomic E-state index is 11.9. The lowest BCUT2D eigenvalue weighted by molar-refractivity contribution is 0.0288. The molecule has 1 heterocycles. The van der Waals surface area contributed by atoms with Crippen LogP contribution in [-0.2, 0) is 4.74 Å². The Hall–Kier alpha value is -0.770. The summed E-state index contributed by atoms with van der Waals surface area (Å²) in [5.74, 6) is 1.24. The number of carbonyl (C=O) groups excluding carboxylic acids is 1. The molecule has 0 aromatic rings. The van der Waals surface area contributed by atoms with Gasteiger partial charge in [0.15, 0.2) is 0 Å². The van der Waals surface area contributed by atoms with E-state index >= 15 is 0 Å². The highest BCUT2D eigenvalue weighted by Gasteiger charge is 2.29. The summed E-state index contributed by atoms with van der Waals surface area (Å²) in [6.07, 6.45) is 0.901. The van der Waals surface area contributed by atoms with Gasteiger partial charge in [0.2, 0.25) is 0 Å². The van der Waals surface area contributed by atoms with Gasteiger partial charge in [-0.3, -0.25) is 0 Å². The third-order valence-electron chi connectivity index (χ3n) is 2.92. The molecule has 1 N–H and O–H groups in total. The van der Waals surface area contributed by atoms with E-state index in [-0.39, 0.29) is 6.09 Å². The number of rotatable bonds is 4. The van der Waals surface area contributed by atoms with Crippen molar-refractivity contribution in [3.8, 4) is 0 Å². The minimum Gasteiger partial charge on any atom is -0.444 e. The fourth-order valence-corrected chi connectivity index (χ4v) is 2.07. The van der Waals surface area contributed by atoms with Crippen LogP contribution in [0.2, 0.25) is 0 Å². The number of ether oxygens (including phenoxy) is 1. The maximum Gasteiger partial charge on any atom is 0.410 e. The van der Waals surface area contributed by atoms with E-state index in [9.17, 15) is 4.79 Å². The lowest BCUT2D eigenvalue weighted by Gasteiger charge is -2.24. The van der Waals surface area contributed by atoms with E-state index in [1.807, 2.05) is 25.7 Å². The lowest BCUT2D eigenvalue weighted by Crippen LogP contribution is -2.36. The third kappa shape index (κ3) is 5.71. The van der Waals surface area contributed by atoms with Gasteiger partial charge in [-0.05, 0) is 52.1 Å². The summed E-state index contributed by atoms with van der Waals surface area (Å²) in [4.78, 5) is 13.7. The normalized spacial score (nSPS) is 20.6. The van der Waals surface area contributed by atoms with Crippen LogP contribution < -0.4 is 5.32 Å². The van der Waals surface area contributed by atoms with Gasteiger partial charge < -0.3 is 15.0 Å². The minimum absolute atomic E-state index is 0.172. The molecular weight excluding hydrogens is 228 g/mol. The molecule has 1 fully saturated rings. The molecule has 0 aliphatic carbocycles. The first kappa shape index (κ1) is 15.3. The molecule has 1 aliphatic rings. The summed E-state index contributed by atoms with van der Waals surface area (Å²) in [5, 5.41) is 3.46. The van der Waals surface area contributed by atoms with Crippen molar-refractivity contribution in [3.05, 3.63) is 0 Å². The van der Waals surface area contributed by atoms with Crippen molar-refractivity contribution in [2.75, 3.05) is 26.2 Å². The molecule has 0 aromatic carbocycles. The summed E-state index contributed by atoms with van der Waals surface area (Å²) in [5.41, 5.74) is -0.398. The average molecular weight is 256 g/mol. The number of amides is 1. The molecule has 0 radical (unpaired) electrons. The fourth-order valence-electron chi connectivity index (χ4n) is 2.07. The van der Waals surface area contributed by atoms with Crippen LogP contribution in [0.1, 0.15) is 41.0 Å². The van der Waals surface area contributed by atoms with Gasteiger partial charge in [0.05, 0.1) is 0 Å². The molecule has 0 saturated carbocycles. The predicted octanol–water partition coefficient (Wildman–Crippen LogP) is 2.49. The van der Waals surface area contributed by atoms with E-state index < -0.39 is 5.60 Å². The highest BCUT2D eigenvalue weighted by atomic mass is 16.6. The maximum atomic E-state index is 11.9. The molecule has 0 spiro atoms. The molecule has 106 valence electrons. The van der Waals surface area contributed by atoms with Crippen LogP contribution >= 0.6 is 0 Å². The highest BCUT2D eigenvalue weighted by Crippen LogP contribution is 2.18. The molecule has 0 aromatic heterocycles. The number of hydrogen-bond donors (Lipinski definition) is 1. The first-order chi connectivity index (χ1) is 8.28. The van der Waals surface area contributed by atoms with Crippen LogP contribution in [-0.4, -0.2) is 42.8 Å². The molecule has 4 heteroatoms. The Labute approximate surface area is 111 Å². The molecule has 0 unspecified atom stereocenters. The zero-order valence-corrected chi connectivity index (χ0v) is 12.5. The molecular formula is C14H28N2O2. The van der Waals surface area contributed by atoms with Gasteiger partial charge in [0.25, 0.3) is 0 Å². The fraction of sp³-hybridized carbons (Fsp3) is 0.929. The molecule has 18 heavy (non-hydrogen) atoms. The number of likely N-dealkylation sites (tertiary alicyclic amines) is 1. The molecule has 4 nitrogen and oxygen atoms in total. The monoisotopic (exact) mass is 256 g/mol. The van der Waals surface area contributed by atoms with Gasteiger partial charge in [0.1, 0.15) is 5.60 Å². The highest BCUT2D eigenvalue weighted by molar-refractivity contribution is 5.68. The van der Waals surface area contributed by atoms with Crippen molar-refractivity contribution in [3.63, 3.8) is 0 Å². The largest absolute Gasteiger partial charge is 0.444 e. The summed E-state index contributed by atoms with van der Waals surface area (Å²) in [7, 11) is 0. The lowest BCUT2D eigenvalue weighted by atomic mass is 10.1. The Bertz CT molecular complexity index is 271. The Morgan fingerprint density at radius 3 is 2.67 bits per heavy atom. The van der Waals surface area contributed by atoms with E-state index in [1.54, 1.807) is 0 Å². The van der Waals surface area contributed by atoms with Crippen LogP contribution in [0.3, 0.4) is 0 Å². The Morgan fingerprint density at radius 1 is 1.44 bits per heavy atom. The number of hydrogen-bond acceptors (Lipinski definition) is 3. The predicted molar refractivity (Wildman–Crippen MR) is 73.6 cm³/mol. The zero-order chi connectivity index (χ0) is 13.8. The number of nitrogens with one attached hydrogen (secondary N) is 1. The van der Waals surface area contributed by atoms with Gasteiger partial charge >= 0.3 is 6.09 Å². The van der Waals surface area contributed by atoms with E-state index in [1.165, 1.54) is 0 Å². The standard InChI is InChI=1S/C14H28N2O2/c1-11(2)8-15-9-12-6-7-16(10-12)13(17)18-14(3,4)5/h11-12,15H,6-10H2,1-5H3/t12-/m0/s1. The summed E-state index contributed by atoms with van der Waals surface area (Å²) < 4.78 is 5.38. The first-order valence-corrected chi connectivity index (χ1v) is 6.96. The van der Waals surface area contributed by atoms with Crippen molar-refractivity contribution < 1.29 is 9.53 Å². The van der Waals surface area contributed by atoms with E-state index in [4.69, 9.17) is 4.74 Å². The van der Waals surface area contributed by atoms with E-state index in [2.05, 4.69) is 19.2 Å². The van der Waals surface area contributed by atoms with Crippen molar-refractivity contribution >= 4 is 6.09 Å². The van der Waals surface area contributed by atoms with Crippen molar-refractivity contribution in [1.29, 1.82) is 0 Å². The molecule has 1 amide bonds. The second kappa shape index (κ2) is 6.41. The van der Waals surface area contributed by atoms with Crippen LogP contribution in [0.5, 0.6) is 0 Å². The summed E-state index contributed by atoms with van der Waals surface area (Å²) in [6.45, 7) is 13.8. The Kier molecular flexibility index (Phi) is 5.45. The van der Waals surface area contributed by atoms with Crippen LogP contribution in [0.4, 0.5) is 4.79 Å². The Balaban J connectivity index is 2.26. The van der Waals surface area contributed by atoms with Gasteiger partial charge in [-0.25, -0.2) is 4.79 Å². The topological polar surface area (TPSA) is 41.6 Å². The zero-order valence-electron chi connectivity index (χ0n) is 12.5. The van der Waals surface area contributed by atoms with E-state index in [0.717, 1.165) is 32.6 Å². The molecule has 0 bridgehead atoms. The second-order valence-electron chi connectivity index (χ2n) is 6.63. The first-order valence-electron chi connectivity index (χ1n) is 6.96. The van der Waals surface area contributed by atoms with E-state index in [0.29, 0.717) is 11.8 Å². The van der Waals surface area contributed by atoms with Gasteiger partial charge in [0, 0.05) is 13.1 Å². The van der Waals surface area contributed by atoms with Crippen molar-refractivity contribution in [2.24, 2.45) is 11.8 Å². The SMILES string of the molecule is CC(C)CNC[C@@H]1CCN(C(=O)OC(C)(C)C)C1. The molecule has 1 saturated heterocycles. The van der Waals surface area contributed by atoms with Crippen LogP contribution in [0, 0.1) is 11.8 Å². The molecule has 1 atom stereocenters. The Morgan fingerprint density at radius 2 is 2.11 bits per heavy atom. The number of carbonyl (C=O) groups is 1. The van der Waals surface area contributed by atoms with Gasteiger partial charge in [-0.2, -0.15) is 0 Å². The minimum atomic E-state index is -0.398. The van der Waals surface area contributed by atoms with Gasteiger partial charge in [-0.1, -0.05) is 13.8 Å². The van der Waals surface area contributed by atoms with Crippen LogP contribution in [0.25, 0.3) is 0 Å². The van der Waals surface area contributed by atoms with Crippen molar-refractivity contribution in [1.82, 2.24) is 10.2 Å². The average Bonchev–Trinajstić information content (AvgIpc) is 2.63. The molecule has 1 aliphatic heterocycles. The third-order valence-corrected chi connectivity index (χ3v) is 2.92. The quantitative estimate of drug-likeness (QED) is 0.840.